The first-order valence-corrected chi connectivity index (χ1v) is 12.6. The molecule has 7 nitrogen and oxygen atoms in total. The summed E-state index contributed by atoms with van der Waals surface area (Å²) in [6, 6.07) is 9.84. The van der Waals surface area contributed by atoms with E-state index in [1.807, 2.05) is 24.3 Å². The first-order valence-electron chi connectivity index (χ1n) is 9.65. The third kappa shape index (κ3) is 7.58. The Bertz CT molecular complexity index is 912. The Balaban J connectivity index is 1.63. The number of thiophene rings is 1. The number of nitrogens with zero attached hydrogens (tertiary/aromatic N) is 1. The van der Waals surface area contributed by atoms with Crippen molar-refractivity contribution in [3.05, 3.63) is 40.6 Å². The van der Waals surface area contributed by atoms with Crippen LogP contribution in [-0.4, -0.2) is 52.7 Å². The molecule has 0 unspecified atom stereocenters. The number of rotatable bonds is 8. The van der Waals surface area contributed by atoms with Gasteiger partial charge in [0, 0.05) is 42.4 Å². The summed E-state index contributed by atoms with van der Waals surface area (Å²) < 4.78 is 34.1. The lowest BCUT2D eigenvalue weighted by atomic mass is 10.2. The molecule has 0 fully saturated rings. The molecular weight excluding hydrogens is 410 g/mol. The van der Waals surface area contributed by atoms with Gasteiger partial charge in [0.25, 0.3) is 0 Å². The quantitative estimate of drug-likeness (QED) is 0.375. The van der Waals surface area contributed by atoms with Crippen molar-refractivity contribution in [2.45, 2.75) is 19.3 Å². The zero-order chi connectivity index (χ0) is 20.5. The van der Waals surface area contributed by atoms with Crippen LogP contribution in [0.2, 0.25) is 0 Å². The zero-order valence-electron chi connectivity index (χ0n) is 16.5. The molecule has 0 atom stereocenters. The van der Waals surface area contributed by atoms with Gasteiger partial charge in [-0.2, -0.15) is 0 Å². The van der Waals surface area contributed by atoms with Crippen molar-refractivity contribution in [2.24, 2.45) is 4.99 Å². The van der Waals surface area contributed by atoms with E-state index >= 15 is 0 Å². The predicted octanol–water partition coefficient (Wildman–Crippen LogP) is 2.94. The van der Waals surface area contributed by atoms with Crippen LogP contribution < -0.4 is 20.1 Å². The van der Waals surface area contributed by atoms with Gasteiger partial charge in [0.05, 0.1) is 19.0 Å². The average Bonchev–Trinajstić information content (AvgIpc) is 3.08. The second-order valence-corrected chi connectivity index (χ2v) is 10.1. The van der Waals surface area contributed by atoms with Crippen LogP contribution >= 0.6 is 11.3 Å². The first-order chi connectivity index (χ1) is 14.0. The Morgan fingerprint density at radius 2 is 2.03 bits per heavy atom. The number of hydrogen-bond donors (Lipinski definition) is 2. The number of fused-ring (bicyclic) bond motifs is 1. The van der Waals surface area contributed by atoms with E-state index in [0.717, 1.165) is 30.8 Å². The van der Waals surface area contributed by atoms with Crippen LogP contribution in [0.3, 0.4) is 0 Å². The van der Waals surface area contributed by atoms with Gasteiger partial charge in [0.1, 0.15) is 9.84 Å². The molecule has 2 heterocycles. The van der Waals surface area contributed by atoms with Crippen molar-refractivity contribution >= 4 is 32.8 Å². The monoisotopic (exact) mass is 437 g/mol. The maximum Gasteiger partial charge on any atom is 0.195 e. The maximum atomic E-state index is 11.3. The summed E-state index contributed by atoms with van der Waals surface area (Å²) in [7, 11) is -2.98. The lowest BCUT2D eigenvalue weighted by molar-refractivity contribution is 0.297. The fourth-order valence-corrected chi connectivity index (χ4v) is 4.16. The van der Waals surface area contributed by atoms with Gasteiger partial charge in [0.2, 0.25) is 0 Å². The largest absolute Gasteiger partial charge is 0.490 e. The maximum absolute atomic E-state index is 11.3. The fourth-order valence-electron chi connectivity index (χ4n) is 2.79. The number of hydrogen-bond acceptors (Lipinski definition) is 6. The van der Waals surface area contributed by atoms with Crippen LogP contribution in [0.25, 0.3) is 0 Å². The van der Waals surface area contributed by atoms with E-state index in [0.29, 0.717) is 37.9 Å². The molecule has 3 rings (SSSR count). The second kappa shape index (κ2) is 10.5. The Hall–Kier alpha value is -2.26. The molecule has 1 aromatic carbocycles. The van der Waals surface area contributed by atoms with Gasteiger partial charge in [-0.3, -0.25) is 4.99 Å². The summed E-state index contributed by atoms with van der Waals surface area (Å²) in [5.74, 6) is 2.20. The molecule has 158 valence electrons. The number of nitrogens with one attached hydrogen (secondary N) is 2. The van der Waals surface area contributed by atoms with Gasteiger partial charge in [-0.25, -0.2) is 8.42 Å². The van der Waals surface area contributed by atoms with E-state index in [4.69, 9.17) is 9.47 Å². The van der Waals surface area contributed by atoms with Gasteiger partial charge in [0.15, 0.2) is 17.5 Å². The van der Waals surface area contributed by atoms with Gasteiger partial charge < -0.3 is 20.1 Å². The van der Waals surface area contributed by atoms with Crippen molar-refractivity contribution < 1.29 is 17.9 Å². The third-order valence-corrected chi connectivity index (χ3v) is 6.16. The lowest BCUT2D eigenvalue weighted by Gasteiger charge is -2.14. The molecule has 0 spiro atoms. The van der Waals surface area contributed by atoms with Crippen molar-refractivity contribution in [1.82, 2.24) is 5.32 Å². The van der Waals surface area contributed by atoms with Crippen molar-refractivity contribution in [2.75, 3.05) is 43.6 Å². The number of aliphatic imine (C=N–C) groups is 1. The van der Waals surface area contributed by atoms with Crippen molar-refractivity contribution in [3.8, 4) is 11.5 Å². The van der Waals surface area contributed by atoms with Crippen LogP contribution in [0.15, 0.2) is 40.7 Å². The van der Waals surface area contributed by atoms with E-state index in [-0.39, 0.29) is 5.75 Å². The summed E-state index contributed by atoms with van der Waals surface area (Å²) in [5, 5.41) is 8.67. The van der Waals surface area contributed by atoms with Crippen molar-refractivity contribution in [1.29, 1.82) is 0 Å². The minimum atomic E-state index is -2.98. The van der Waals surface area contributed by atoms with Gasteiger partial charge >= 0.3 is 0 Å². The minimum Gasteiger partial charge on any atom is -0.490 e. The number of benzene rings is 1. The summed E-state index contributed by atoms with van der Waals surface area (Å²) >= 11 is 1.72. The molecule has 0 saturated heterocycles. The SMILES string of the molecule is CS(=O)(=O)CCCN=C(NCCc1cccs1)Nc1ccc2c(c1)OCCCO2. The first kappa shape index (κ1) is 21.4. The summed E-state index contributed by atoms with van der Waals surface area (Å²) in [6.07, 6.45) is 3.47. The Kier molecular flexibility index (Phi) is 7.76. The Morgan fingerprint density at radius 1 is 1.21 bits per heavy atom. The van der Waals surface area contributed by atoms with Crippen LogP contribution in [-0.2, 0) is 16.3 Å². The number of sulfone groups is 1. The second-order valence-electron chi connectivity index (χ2n) is 6.81. The molecule has 0 saturated carbocycles. The number of ether oxygens (including phenoxy) is 2. The summed E-state index contributed by atoms with van der Waals surface area (Å²) in [4.78, 5) is 5.83. The summed E-state index contributed by atoms with van der Waals surface area (Å²) in [6.45, 7) is 2.42. The topological polar surface area (TPSA) is 89.0 Å². The molecule has 0 amide bonds. The van der Waals surface area contributed by atoms with Crippen LogP contribution in [0.4, 0.5) is 5.69 Å². The summed E-state index contributed by atoms with van der Waals surface area (Å²) in [5.41, 5.74) is 0.833. The molecule has 0 aliphatic carbocycles. The fraction of sp³-hybridized carbons (Fsp3) is 0.450. The highest BCUT2D eigenvalue weighted by molar-refractivity contribution is 7.90. The van der Waals surface area contributed by atoms with Crippen molar-refractivity contribution in [3.63, 3.8) is 0 Å². The normalized spacial score (nSPS) is 14.3. The van der Waals surface area contributed by atoms with E-state index in [9.17, 15) is 8.42 Å². The smallest absolute Gasteiger partial charge is 0.195 e. The average molecular weight is 438 g/mol. The van der Waals surface area contributed by atoms with E-state index < -0.39 is 9.84 Å². The Labute approximate surface area is 176 Å². The van der Waals surface area contributed by atoms with Gasteiger partial charge in [-0.15, -0.1) is 11.3 Å². The molecule has 9 heteroatoms. The van der Waals surface area contributed by atoms with E-state index in [1.54, 1.807) is 11.3 Å². The Morgan fingerprint density at radius 3 is 2.79 bits per heavy atom. The van der Waals surface area contributed by atoms with Crippen LogP contribution in [0, 0.1) is 0 Å². The minimum absolute atomic E-state index is 0.128. The van der Waals surface area contributed by atoms with E-state index in [1.165, 1.54) is 11.1 Å². The molecule has 1 aliphatic heterocycles. The van der Waals surface area contributed by atoms with Gasteiger partial charge in [-0.05, 0) is 36.4 Å². The molecule has 29 heavy (non-hydrogen) atoms. The van der Waals surface area contributed by atoms with Crippen LogP contribution in [0.1, 0.15) is 17.7 Å². The molecule has 2 aromatic rings. The molecule has 2 N–H and O–H groups in total. The lowest BCUT2D eigenvalue weighted by Crippen LogP contribution is -2.32. The molecule has 0 radical (unpaired) electrons. The van der Waals surface area contributed by atoms with E-state index in [2.05, 4.69) is 27.1 Å². The molecule has 1 aromatic heterocycles. The predicted molar refractivity (Wildman–Crippen MR) is 118 cm³/mol. The standard InChI is InChI=1S/C20H27N3O4S2/c1-29(24,25)14-3-9-21-20(22-10-8-17-5-2-13-28-17)23-16-6-7-18-19(15-16)27-12-4-11-26-18/h2,5-7,13,15H,3-4,8-12,14H2,1H3,(H2,21,22,23). The zero-order valence-corrected chi connectivity index (χ0v) is 18.2. The van der Waals surface area contributed by atoms with Gasteiger partial charge in [-0.1, -0.05) is 6.07 Å². The number of anilines is 1. The molecular formula is C20H27N3O4S2. The highest BCUT2D eigenvalue weighted by atomic mass is 32.2. The third-order valence-electron chi connectivity index (χ3n) is 4.20. The molecule has 1 aliphatic rings. The molecule has 0 bridgehead atoms. The van der Waals surface area contributed by atoms with Crippen LogP contribution in [0.5, 0.6) is 11.5 Å². The number of guanidine groups is 1. The highest BCUT2D eigenvalue weighted by Crippen LogP contribution is 2.32. The highest BCUT2D eigenvalue weighted by Gasteiger charge is 2.11.